The Morgan fingerprint density at radius 3 is 2.22 bits per heavy atom. The molecule has 0 aliphatic heterocycles. The van der Waals surface area contributed by atoms with Gasteiger partial charge in [0.25, 0.3) is 0 Å². The van der Waals surface area contributed by atoms with Crippen molar-refractivity contribution in [2.24, 2.45) is 0 Å². The maximum atomic E-state index is 14.4. The number of hydrogen-bond acceptors (Lipinski definition) is 4. The van der Waals surface area contributed by atoms with Gasteiger partial charge in [-0.15, -0.1) is 11.3 Å². The fraction of sp³-hybridized carbons (Fsp3) is 0.208. The standard InChI is InChI=1S/C24H21F2NO3S2/c1-14(2)32(29,30)20-13-27(12-17-18(25)10-7-11-19(17)26)24-21(22(20)28)15(3)23(31-24)16-8-5-4-6-9-16/h4-11,13-14H,12H2,1-3H3. The molecule has 4 nitrogen and oxygen atoms in total. The van der Waals surface area contributed by atoms with Crippen LogP contribution in [0.2, 0.25) is 0 Å². The van der Waals surface area contributed by atoms with Gasteiger partial charge in [-0.05, 0) is 44.0 Å². The molecule has 0 N–H and O–H groups in total. The van der Waals surface area contributed by atoms with Crippen molar-refractivity contribution in [3.63, 3.8) is 0 Å². The number of nitrogens with zero attached hydrogens (tertiary/aromatic N) is 1. The minimum Gasteiger partial charge on any atom is -0.333 e. The monoisotopic (exact) mass is 473 g/mol. The summed E-state index contributed by atoms with van der Waals surface area (Å²) in [6, 6.07) is 13.0. The predicted molar refractivity (Wildman–Crippen MR) is 124 cm³/mol. The molecule has 2 aromatic carbocycles. The van der Waals surface area contributed by atoms with Crippen LogP contribution in [-0.2, 0) is 16.4 Å². The summed E-state index contributed by atoms with van der Waals surface area (Å²) in [6.45, 7) is 4.51. The molecule has 0 aliphatic rings. The Hall–Kier alpha value is -2.84. The van der Waals surface area contributed by atoms with Crippen molar-refractivity contribution in [1.29, 1.82) is 0 Å². The zero-order valence-electron chi connectivity index (χ0n) is 17.7. The van der Waals surface area contributed by atoms with Crippen molar-refractivity contribution in [2.45, 2.75) is 37.5 Å². The summed E-state index contributed by atoms with van der Waals surface area (Å²) >= 11 is 1.30. The Labute approximate surface area is 188 Å². The quantitative estimate of drug-likeness (QED) is 0.382. The molecule has 0 bridgehead atoms. The van der Waals surface area contributed by atoms with E-state index in [1.807, 2.05) is 30.3 Å². The SMILES string of the molecule is Cc1c(-c2ccccc2)sc2c1c(=O)c(S(=O)(=O)C(C)C)cn2Cc1c(F)cccc1F. The van der Waals surface area contributed by atoms with Crippen LogP contribution in [-0.4, -0.2) is 18.2 Å². The average Bonchev–Trinajstić information content (AvgIpc) is 3.10. The van der Waals surface area contributed by atoms with Crippen molar-refractivity contribution in [2.75, 3.05) is 0 Å². The Bertz CT molecular complexity index is 1470. The van der Waals surface area contributed by atoms with Crippen LogP contribution in [0.5, 0.6) is 0 Å². The molecule has 0 amide bonds. The van der Waals surface area contributed by atoms with Crippen LogP contribution in [0, 0.1) is 18.6 Å². The minimum atomic E-state index is -3.92. The maximum Gasteiger partial charge on any atom is 0.209 e. The molecule has 2 aromatic heterocycles. The van der Waals surface area contributed by atoms with Gasteiger partial charge in [-0.25, -0.2) is 17.2 Å². The Balaban J connectivity index is 2.08. The number of hydrogen-bond donors (Lipinski definition) is 0. The van der Waals surface area contributed by atoms with Gasteiger partial charge in [0.1, 0.15) is 21.4 Å². The highest BCUT2D eigenvalue weighted by molar-refractivity contribution is 7.92. The van der Waals surface area contributed by atoms with Gasteiger partial charge in [-0.2, -0.15) is 0 Å². The molecule has 0 fully saturated rings. The molecule has 166 valence electrons. The van der Waals surface area contributed by atoms with Crippen LogP contribution in [0.3, 0.4) is 0 Å². The highest BCUT2D eigenvalue weighted by Gasteiger charge is 2.27. The van der Waals surface area contributed by atoms with E-state index < -0.39 is 32.2 Å². The fourth-order valence-corrected chi connectivity index (χ4v) is 6.07. The number of rotatable bonds is 5. The number of thiophene rings is 1. The number of aromatic nitrogens is 1. The average molecular weight is 474 g/mol. The van der Waals surface area contributed by atoms with Crippen molar-refractivity contribution in [3.05, 3.63) is 87.7 Å². The van der Waals surface area contributed by atoms with Crippen LogP contribution in [0.4, 0.5) is 8.78 Å². The molecule has 0 saturated heterocycles. The van der Waals surface area contributed by atoms with Crippen molar-refractivity contribution in [1.82, 2.24) is 4.57 Å². The van der Waals surface area contributed by atoms with Crippen LogP contribution >= 0.6 is 11.3 Å². The van der Waals surface area contributed by atoms with Crippen LogP contribution in [0.15, 0.2) is 64.4 Å². The van der Waals surface area contributed by atoms with Crippen molar-refractivity contribution >= 4 is 31.4 Å². The molecule has 32 heavy (non-hydrogen) atoms. The van der Waals surface area contributed by atoms with Gasteiger partial charge in [0.2, 0.25) is 5.43 Å². The van der Waals surface area contributed by atoms with Gasteiger partial charge in [-0.1, -0.05) is 36.4 Å². The second-order valence-corrected chi connectivity index (χ2v) is 11.3. The Kier molecular flexibility index (Phi) is 5.77. The first kappa shape index (κ1) is 22.4. The molecule has 0 radical (unpaired) electrons. The molecule has 0 atom stereocenters. The highest BCUT2D eigenvalue weighted by atomic mass is 32.2. The highest BCUT2D eigenvalue weighted by Crippen LogP contribution is 2.37. The second kappa shape index (κ2) is 8.26. The zero-order valence-corrected chi connectivity index (χ0v) is 19.4. The predicted octanol–water partition coefficient (Wildman–Crippen LogP) is 5.55. The van der Waals surface area contributed by atoms with E-state index in [-0.39, 0.29) is 22.4 Å². The third-order valence-electron chi connectivity index (χ3n) is 5.47. The largest absolute Gasteiger partial charge is 0.333 e. The van der Waals surface area contributed by atoms with Gasteiger partial charge in [-0.3, -0.25) is 4.79 Å². The lowest BCUT2D eigenvalue weighted by Crippen LogP contribution is -2.24. The van der Waals surface area contributed by atoms with Gasteiger partial charge < -0.3 is 4.57 Å². The van der Waals surface area contributed by atoms with E-state index >= 15 is 0 Å². The Morgan fingerprint density at radius 1 is 1.00 bits per heavy atom. The number of halogens is 2. The van der Waals surface area contributed by atoms with E-state index in [4.69, 9.17) is 0 Å². The zero-order chi connectivity index (χ0) is 23.2. The lowest BCUT2D eigenvalue weighted by molar-refractivity contribution is 0.546. The van der Waals surface area contributed by atoms with Gasteiger partial charge in [0.05, 0.1) is 17.2 Å². The van der Waals surface area contributed by atoms with E-state index in [9.17, 15) is 22.0 Å². The summed E-state index contributed by atoms with van der Waals surface area (Å²) < 4.78 is 56.2. The summed E-state index contributed by atoms with van der Waals surface area (Å²) in [5.74, 6) is -1.47. The number of sulfone groups is 1. The van der Waals surface area contributed by atoms with E-state index in [1.54, 1.807) is 6.92 Å². The molecule has 0 unspecified atom stereocenters. The first-order chi connectivity index (χ1) is 15.1. The summed E-state index contributed by atoms with van der Waals surface area (Å²) in [7, 11) is -3.92. The summed E-state index contributed by atoms with van der Waals surface area (Å²) in [5.41, 5.74) is 0.736. The molecule has 0 spiro atoms. The normalized spacial score (nSPS) is 12.1. The summed E-state index contributed by atoms with van der Waals surface area (Å²) in [4.78, 5) is 14.3. The molecule has 0 saturated carbocycles. The van der Waals surface area contributed by atoms with E-state index in [0.29, 0.717) is 10.4 Å². The van der Waals surface area contributed by atoms with E-state index in [0.717, 1.165) is 22.6 Å². The molecule has 4 aromatic rings. The first-order valence-corrected chi connectivity index (χ1v) is 12.4. The number of aryl methyl sites for hydroxylation is 1. The summed E-state index contributed by atoms with van der Waals surface area (Å²) in [6.07, 6.45) is 1.22. The topological polar surface area (TPSA) is 56.1 Å². The molecular weight excluding hydrogens is 452 g/mol. The fourth-order valence-electron chi connectivity index (χ4n) is 3.64. The minimum absolute atomic E-state index is 0.197. The number of fused-ring (bicyclic) bond motifs is 1. The molecule has 0 aliphatic carbocycles. The van der Waals surface area contributed by atoms with Crippen molar-refractivity contribution < 1.29 is 17.2 Å². The smallest absolute Gasteiger partial charge is 0.209 e. The van der Waals surface area contributed by atoms with Gasteiger partial charge >= 0.3 is 0 Å². The molecular formula is C24H21F2NO3S2. The van der Waals surface area contributed by atoms with Gasteiger partial charge in [0.15, 0.2) is 9.84 Å². The van der Waals surface area contributed by atoms with Crippen LogP contribution < -0.4 is 5.43 Å². The second-order valence-electron chi connectivity index (χ2n) is 7.85. The number of benzene rings is 2. The first-order valence-electron chi connectivity index (χ1n) is 10.0. The van der Waals surface area contributed by atoms with Crippen LogP contribution in [0.1, 0.15) is 25.0 Å². The lowest BCUT2D eigenvalue weighted by atomic mass is 10.1. The third-order valence-corrected chi connectivity index (χ3v) is 8.99. The van der Waals surface area contributed by atoms with Crippen molar-refractivity contribution in [3.8, 4) is 10.4 Å². The number of pyridine rings is 1. The van der Waals surface area contributed by atoms with Gasteiger partial charge in [0, 0.05) is 16.6 Å². The third kappa shape index (κ3) is 3.67. The Morgan fingerprint density at radius 2 is 1.62 bits per heavy atom. The molecule has 2 heterocycles. The lowest BCUT2D eigenvalue weighted by Gasteiger charge is -2.14. The van der Waals surface area contributed by atoms with E-state index in [1.165, 1.54) is 42.0 Å². The van der Waals surface area contributed by atoms with Crippen LogP contribution in [0.25, 0.3) is 20.7 Å². The van der Waals surface area contributed by atoms with E-state index in [2.05, 4.69) is 0 Å². The molecule has 4 rings (SSSR count). The molecule has 8 heteroatoms. The maximum absolute atomic E-state index is 14.4. The summed E-state index contributed by atoms with van der Waals surface area (Å²) in [5, 5.41) is -0.564.